The summed E-state index contributed by atoms with van der Waals surface area (Å²) in [5, 5.41) is 11.7. The van der Waals surface area contributed by atoms with Gasteiger partial charge in [-0.15, -0.1) is 11.3 Å². The second-order valence-electron chi connectivity index (χ2n) is 4.56. The summed E-state index contributed by atoms with van der Waals surface area (Å²) in [4.78, 5) is 9.79. The van der Waals surface area contributed by atoms with Crippen molar-refractivity contribution in [2.75, 3.05) is 0 Å². The molecular formula is C15H14N2OS. The van der Waals surface area contributed by atoms with E-state index in [9.17, 15) is 5.11 Å². The zero-order valence-corrected chi connectivity index (χ0v) is 11.6. The van der Waals surface area contributed by atoms with Crippen LogP contribution in [0.1, 0.15) is 23.6 Å². The molecule has 4 heteroatoms. The SMILES string of the molecule is Cc1nc(-c2ccc3ncccc3c2)sc1C(C)O. The number of hydrogen-bond acceptors (Lipinski definition) is 4. The molecule has 3 rings (SSSR count). The smallest absolute Gasteiger partial charge is 0.123 e. The summed E-state index contributed by atoms with van der Waals surface area (Å²) in [6, 6.07) is 10.1. The summed E-state index contributed by atoms with van der Waals surface area (Å²) >= 11 is 1.55. The van der Waals surface area contributed by atoms with Gasteiger partial charge in [0, 0.05) is 17.1 Å². The summed E-state index contributed by atoms with van der Waals surface area (Å²) in [6.45, 7) is 3.71. The lowest BCUT2D eigenvalue weighted by Crippen LogP contribution is -1.88. The molecule has 0 aliphatic rings. The molecule has 1 aromatic carbocycles. The molecule has 2 aromatic heterocycles. The monoisotopic (exact) mass is 270 g/mol. The van der Waals surface area contributed by atoms with Crippen LogP contribution < -0.4 is 0 Å². The Morgan fingerprint density at radius 2 is 2.11 bits per heavy atom. The number of aryl methyl sites for hydroxylation is 1. The van der Waals surface area contributed by atoms with Crippen molar-refractivity contribution in [3.8, 4) is 10.6 Å². The van der Waals surface area contributed by atoms with Crippen LogP contribution in [0.15, 0.2) is 36.5 Å². The standard InChI is InChI=1S/C15H14N2OS/c1-9-14(10(2)18)19-15(17-9)12-5-6-13-11(8-12)4-3-7-16-13/h3-8,10,18H,1-2H3. The fourth-order valence-corrected chi connectivity index (χ4v) is 3.13. The van der Waals surface area contributed by atoms with E-state index in [-0.39, 0.29) is 0 Å². The van der Waals surface area contributed by atoms with Gasteiger partial charge in [-0.2, -0.15) is 0 Å². The molecule has 3 nitrogen and oxygen atoms in total. The van der Waals surface area contributed by atoms with Crippen LogP contribution >= 0.6 is 11.3 Å². The predicted molar refractivity (Wildman–Crippen MR) is 78.2 cm³/mol. The second-order valence-corrected chi connectivity index (χ2v) is 5.59. The van der Waals surface area contributed by atoms with Crippen molar-refractivity contribution in [2.24, 2.45) is 0 Å². The van der Waals surface area contributed by atoms with Gasteiger partial charge in [-0.25, -0.2) is 4.98 Å². The fourth-order valence-electron chi connectivity index (χ4n) is 2.13. The summed E-state index contributed by atoms with van der Waals surface area (Å²) in [6.07, 6.45) is 1.33. The van der Waals surface area contributed by atoms with Crippen molar-refractivity contribution in [3.05, 3.63) is 47.1 Å². The van der Waals surface area contributed by atoms with E-state index in [1.165, 1.54) is 0 Å². The third kappa shape index (κ3) is 2.25. The van der Waals surface area contributed by atoms with Crippen molar-refractivity contribution in [2.45, 2.75) is 20.0 Å². The first-order valence-corrected chi connectivity index (χ1v) is 6.97. The van der Waals surface area contributed by atoms with Crippen molar-refractivity contribution in [1.82, 2.24) is 9.97 Å². The van der Waals surface area contributed by atoms with E-state index >= 15 is 0 Å². The van der Waals surface area contributed by atoms with Gasteiger partial charge in [0.05, 0.1) is 22.2 Å². The van der Waals surface area contributed by atoms with Gasteiger partial charge in [0.25, 0.3) is 0 Å². The number of fused-ring (bicyclic) bond motifs is 1. The van der Waals surface area contributed by atoms with E-state index in [1.807, 2.05) is 31.2 Å². The van der Waals surface area contributed by atoms with Crippen LogP contribution in [-0.2, 0) is 0 Å². The number of aliphatic hydroxyl groups excluding tert-OH is 1. The maximum absolute atomic E-state index is 9.70. The summed E-state index contributed by atoms with van der Waals surface area (Å²) < 4.78 is 0. The quantitative estimate of drug-likeness (QED) is 0.772. The lowest BCUT2D eigenvalue weighted by Gasteiger charge is -2.00. The molecule has 0 amide bonds. The Bertz CT molecular complexity index is 734. The highest BCUT2D eigenvalue weighted by molar-refractivity contribution is 7.15. The van der Waals surface area contributed by atoms with Crippen molar-refractivity contribution in [3.63, 3.8) is 0 Å². The minimum Gasteiger partial charge on any atom is -0.388 e. The molecule has 0 aliphatic heterocycles. The molecule has 1 N–H and O–H groups in total. The van der Waals surface area contributed by atoms with Gasteiger partial charge in [0.2, 0.25) is 0 Å². The first kappa shape index (κ1) is 12.3. The lowest BCUT2D eigenvalue weighted by atomic mass is 10.1. The predicted octanol–water partition coefficient (Wildman–Crippen LogP) is 3.72. The third-order valence-electron chi connectivity index (χ3n) is 3.06. The van der Waals surface area contributed by atoms with E-state index in [2.05, 4.69) is 16.0 Å². The maximum Gasteiger partial charge on any atom is 0.123 e. The highest BCUT2D eigenvalue weighted by atomic mass is 32.1. The van der Waals surface area contributed by atoms with E-state index in [4.69, 9.17) is 0 Å². The molecule has 0 radical (unpaired) electrons. The van der Waals surface area contributed by atoms with Crippen LogP contribution in [0, 0.1) is 6.92 Å². The second kappa shape index (κ2) is 4.72. The van der Waals surface area contributed by atoms with Crippen LogP contribution in [0.3, 0.4) is 0 Å². The number of aromatic nitrogens is 2. The van der Waals surface area contributed by atoms with Gasteiger partial charge in [-0.3, -0.25) is 4.98 Å². The average Bonchev–Trinajstić information content (AvgIpc) is 2.80. The number of rotatable bonds is 2. The number of hydrogen-bond donors (Lipinski definition) is 1. The molecule has 96 valence electrons. The largest absolute Gasteiger partial charge is 0.388 e. The highest BCUT2D eigenvalue weighted by Crippen LogP contribution is 2.32. The zero-order chi connectivity index (χ0) is 13.4. The molecule has 0 aliphatic carbocycles. The van der Waals surface area contributed by atoms with Crippen LogP contribution in [0.4, 0.5) is 0 Å². The Labute approximate surface area is 115 Å². The molecule has 2 heterocycles. The molecule has 1 atom stereocenters. The summed E-state index contributed by atoms with van der Waals surface area (Å²) in [7, 11) is 0. The molecule has 0 spiro atoms. The molecule has 3 aromatic rings. The Kier molecular flexibility index (Phi) is 3.05. The van der Waals surface area contributed by atoms with Crippen molar-refractivity contribution in [1.29, 1.82) is 0 Å². The first-order chi connectivity index (χ1) is 9.15. The summed E-state index contributed by atoms with van der Waals surface area (Å²) in [5.41, 5.74) is 2.96. The molecular weight excluding hydrogens is 256 g/mol. The molecule has 0 bridgehead atoms. The van der Waals surface area contributed by atoms with Gasteiger partial charge in [0.15, 0.2) is 0 Å². The number of benzene rings is 1. The minimum absolute atomic E-state index is 0.464. The molecule has 0 saturated heterocycles. The third-order valence-corrected chi connectivity index (χ3v) is 4.44. The number of aliphatic hydroxyl groups is 1. The first-order valence-electron chi connectivity index (χ1n) is 6.15. The molecule has 19 heavy (non-hydrogen) atoms. The van der Waals surface area contributed by atoms with Crippen LogP contribution in [-0.4, -0.2) is 15.1 Å². The zero-order valence-electron chi connectivity index (χ0n) is 10.8. The van der Waals surface area contributed by atoms with E-state index in [0.717, 1.165) is 32.0 Å². The minimum atomic E-state index is -0.464. The van der Waals surface area contributed by atoms with Crippen molar-refractivity contribution < 1.29 is 5.11 Å². The number of nitrogens with zero attached hydrogens (tertiary/aromatic N) is 2. The van der Waals surface area contributed by atoms with E-state index < -0.39 is 6.10 Å². The Balaban J connectivity index is 2.11. The van der Waals surface area contributed by atoms with E-state index in [1.54, 1.807) is 24.5 Å². The Morgan fingerprint density at radius 1 is 1.26 bits per heavy atom. The van der Waals surface area contributed by atoms with Gasteiger partial charge in [-0.05, 0) is 38.1 Å². The van der Waals surface area contributed by atoms with Gasteiger partial charge >= 0.3 is 0 Å². The normalized spacial score (nSPS) is 12.8. The van der Waals surface area contributed by atoms with Gasteiger partial charge < -0.3 is 5.11 Å². The Hall–Kier alpha value is -1.78. The summed E-state index contributed by atoms with van der Waals surface area (Å²) in [5.74, 6) is 0. The molecule has 1 unspecified atom stereocenters. The molecule has 0 saturated carbocycles. The van der Waals surface area contributed by atoms with Crippen molar-refractivity contribution >= 4 is 22.2 Å². The number of thiazole rings is 1. The van der Waals surface area contributed by atoms with E-state index in [0.29, 0.717) is 0 Å². The van der Waals surface area contributed by atoms with Crippen LogP contribution in [0.5, 0.6) is 0 Å². The Morgan fingerprint density at radius 3 is 2.84 bits per heavy atom. The lowest BCUT2D eigenvalue weighted by molar-refractivity contribution is 0.202. The topological polar surface area (TPSA) is 46.0 Å². The number of pyridine rings is 1. The van der Waals surface area contributed by atoms with Crippen LogP contribution in [0.25, 0.3) is 21.5 Å². The maximum atomic E-state index is 9.70. The fraction of sp³-hybridized carbons (Fsp3) is 0.200. The van der Waals surface area contributed by atoms with Gasteiger partial charge in [0.1, 0.15) is 5.01 Å². The highest BCUT2D eigenvalue weighted by Gasteiger charge is 2.13. The van der Waals surface area contributed by atoms with Crippen LogP contribution in [0.2, 0.25) is 0 Å². The van der Waals surface area contributed by atoms with Gasteiger partial charge in [-0.1, -0.05) is 6.07 Å². The molecule has 0 fully saturated rings. The average molecular weight is 270 g/mol.